The first-order valence-corrected chi connectivity index (χ1v) is 7.79. The van der Waals surface area contributed by atoms with Gasteiger partial charge in [0.15, 0.2) is 0 Å². The maximum atomic E-state index is 12.1. The van der Waals surface area contributed by atoms with Gasteiger partial charge in [0.05, 0.1) is 11.9 Å². The molecule has 1 heterocycles. The molecule has 4 heteroatoms. The van der Waals surface area contributed by atoms with E-state index in [0.717, 1.165) is 28.1 Å². The smallest absolute Gasteiger partial charge is 0.248 e. The number of rotatable bonds is 4. The molecule has 0 unspecified atom stereocenters. The number of carbonyl (C=O) groups excluding carboxylic acids is 1. The van der Waals surface area contributed by atoms with Crippen molar-refractivity contribution in [2.24, 2.45) is 0 Å². The van der Waals surface area contributed by atoms with Gasteiger partial charge in [0, 0.05) is 23.5 Å². The fraction of sp³-hybridized carbons (Fsp3) is 0.100. The Morgan fingerprint density at radius 3 is 2.46 bits per heavy atom. The topological polar surface area (TPSA) is 46.9 Å². The number of benzene rings is 2. The lowest BCUT2D eigenvalue weighted by atomic mass is 10.1. The van der Waals surface area contributed by atoms with E-state index >= 15 is 0 Å². The number of nitrogens with zero attached hydrogens (tertiary/aromatic N) is 2. The molecule has 24 heavy (non-hydrogen) atoms. The van der Waals surface area contributed by atoms with Crippen molar-refractivity contribution in [1.29, 1.82) is 0 Å². The van der Waals surface area contributed by atoms with Crippen LogP contribution in [0.2, 0.25) is 0 Å². The Bertz CT molecular complexity index is 859. The van der Waals surface area contributed by atoms with E-state index in [1.807, 2.05) is 68.6 Å². The molecule has 0 saturated heterocycles. The van der Waals surface area contributed by atoms with E-state index in [-0.39, 0.29) is 5.91 Å². The Morgan fingerprint density at radius 1 is 1.04 bits per heavy atom. The molecule has 2 aromatic carbocycles. The molecule has 3 aromatic rings. The largest absolute Gasteiger partial charge is 0.322 e. The van der Waals surface area contributed by atoms with Gasteiger partial charge < -0.3 is 5.32 Å². The zero-order valence-corrected chi connectivity index (χ0v) is 13.7. The second-order valence-corrected chi connectivity index (χ2v) is 5.64. The molecule has 1 aromatic heterocycles. The van der Waals surface area contributed by atoms with Crippen LogP contribution in [0.4, 0.5) is 5.69 Å². The SMILES string of the molecule is Cc1cccc(C)c1NC(=O)/C=C/c1cnn(-c2ccccc2)c1. The lowest BCUT2D eigenvalue weighted by Gasteiger charge is -2.09. The molecule has 3 rings (SSSR count). The van der Waals surface area contributed by atoms with Crippen LogP contribution in [0.25, 0.3) is 11.8 Å². The van der Waals surface area contributed by atoms with Crippen LogP contribution in [-0.2, 0) is 4.79 Å². The molecule has 0 saturated carbocycles. The molecule has 0 radical (unpaired) electrons. The second-order valence-electron chi connectivity index (χ2n) is 5.64. The second kappa shape index (κ2) is 6.96. The van der Waals surface area contributed by atoms with E-state index in [9.17, 15) is 4.79 Å². The van der Waals surface area contributed by atoms with Gasteiger partial charge in [-0.2, -0.15) is 5.10 Å². The van der Waals surface area contributed by atoms with Crippen LogP contribution < -0.4 is 5.32 Å². The first-order chi connectivity index (χ1) is 11.6. The standard InChI is InChI=1S/C20H19N3O/c1-15-7-6-8-16(2)20(15)22-19(24)12-11-17-13-21-23(14-17)18-9-4-3-5-10-18/h3-14H,1-2H3,(H,22,24)/b12-11+. The molecule has 0 aliphatic heterocycles. The number of aromatic nitrogens is 2. The Balaban J connectivity index is 1.70. The monoisotopic (exact) mass is 317 g/mol. The zero-order valence-electron chi connectivity index (χ0n) is 13.7. The number of hydrogen-bond acceptors (Lipinski definition) is 2. The molecule has 1 amide bonds. The Kier molecular flexibility index (Phi) is 4.57. The van der Waals surface area contributed by atoms with E-state index in [1.165, 1.54) is 6.08 Å². The number of anilines is 1. The molecule has 0 aliphatic carbocycles. The molecule has 120 valence electrons. The van der Waals surface area contributed by atoms with E-state index in [2.05, 4.69) is 10.4 Å². The van der Waals surface area contributed by atoms with Crippen molar-refractivity contribution in [2.45, 2.75) is 13.8 Å². The van der Waals surface area contributed by atoms with Gasteiger partial charge in [-0.3, -0.25) is 4.79 Å². The summed E-state index contributed by atoms with van der Waals surface area (Å²) in [5.41, 5.74) is 4.82. The lowest BCUT2D eigenvalue weighted by molar-refractivity contribution is -0.111. The van der Waals surface area contributed by atoms with Crippen molar-refractivity contribution in [3.05, 3.63) is 83.7 Å². The van der Waals surface area contributed by atoms with Crippen LogP contribution in [0, 0.1) is 13.8 Å². The highest BCUT2D eigenvalue weighted by Gasteiger charge is 2.05. The van der Waals surface area contributed by atoms with Crippen LogP contribution in [0.1, 0.15) is 16.7 Å². The third kappa shape index (κ3) is 3.60. The summed E-state index contributed by atoms with van der Waals surface area (Å²) in [4.78, 5) is 12.1. The number of nitrogens with one attached hydrogen (secondary N) is 1. The van der Waals surface area contributed by atoms with Gasteiger partial charge in [-0.15, -0.1) is 0 Å². The molecule has 0 atom stereocenters. The molecule has 0 spiro atoms. The third-order valence-electron chi connectivity index (χ3n) is 3.78. The summed E-state index contributed by atoms with van der Waals surface area (Å²) in [5, 5.41) is 7.24. The summed E-state index contributed by atoms with van der Waals surface area (Å²) in [5.74, 6) is -0.153. The highest BCUT2D eigenvalue weighted by molar-refractivity contribution is 6.02. The van der Waals surface area contributed by atoms with Crippen LogP contribution in [0.15, 0.2) is 67.0 Å². The summed E-state index contributed by atoms with van der Waals surface area (Å²) in [6.45, 7) is 3.96. The van der Waals surface area contributed by atoms with Gasteiger partial charge >= 0.3 is 0 Å². The summed E-state index contributed by atoms with van der Waals surface area (Å²) < 4.78 is 1.78. The molecular formula is C20H19N3O. The fourth-order valence-electron chi connectivity index (χ4n) is 2.49. The normalized spacial score (nSPS) is 10.9. The highest BCUT2D eigenvalue weighted by Crippen LogP contribution is 2.19. The zero-order chi connectivity index (χ0) is 16.9. The van der Waals surface area contributed by atoms with Crippen LogP contribution in [-0.4, -0.2) is 15.7 Å². The van der Waals surface area contributed by atoms with Gasteiger partial charge in [-0.05, 0) is 43.2 Å². The Morgan fingerprint density at radius 2 is 1.75 bits per heavy atom. The van der Waals surface area contributed by atoms with Gasteiger partial charge in [0.1, 0.15) is 0 Å². The first kappa shape index (κ1) is 15.7. The van der Waals surface area contributed by atoms with Crippen molar-refractivity contribution in [3.8, 4) is 5.69 Å². The maximum Gasteiger partial charge on any atom is 0.248 e. The van der Waals surface area contributed by atoms with E-state index in [0.29, 0.717) is 0 Å². The van der Waals surface area contributed by atoms with E-state index in [1.54, 1.807) is 17.0 Å². The summed E-state index contributed by atoms with van der Waals surface area (Å²) in [7, 11) is 0. The fourth-order valence-corrected chi connectivity index (χ4v) is 2.49. The van der Waals surface area contributed by atoms with Gasteiger partial charge in [0.25, 0.3) is 0 Å². The first-order valence-electron chi connectivity index (χ1n) is 7.79. The lowest BCUT2D eigenvalue weighted by Crippen LogP contribution is -2.10. The summed E-state index contributed by atoms with van der Waals surface area (Å²) in [6, 6.07) is 15.8. The number of hydrogen-bond donors (Lipinski definition) is 1. The maximum absolute atomic E-state index is 12.1. The van der Waals surface area contributed by atoms with Crippen LogP contribution >= 0.6 is 0 Å². The van der Waals surface area contributed by atoms with Gasteiger partial charge in [-0.1, -0.05) is 36.4 Å². The molecule has 1 N–H and O–H groups in total. The van der Waals surface area contributed by atoms with Crippen molar-refractivity contribution in [1.82, 2.24) is 9.78 Å². The van der Waals surface area contributed by atoms with E-state index in [4.69, 9.17) is 0 Å². The van der Waals surface area contributed by atoms with Crippen LogP contribution in [0.3, 0.4) is 0 Å². The van der Waals surface area contributed by atoms with E-state index < -0.39 is 0 Å². The molecule has 4 nitrogen and oxygen atoms in total. The van der Waals surface area contributed by atoms with Crippen molar-refractivity contribution in [2.75, 3.05) is 5.32 Å². The minimum absolute atomic E-state index is 0.153. The number of carbonyl (C=O) groups is 1. The number of aryl methyl sites for hydroxylation is 2. The summed E-state index contributed by atoms with van der Waals surface area (Å²) in [6.07, 6.45) is 6.90. The van der Waals surface area contributed by atoms with Gasteiger partial charge in [-0.25, -0.2) is 4.68 Å². The molecular weight excluding hydrogens is 298 g/mol. The number of amides is 1. The molecule has 0 aliphatic rings. The minimum Gasteiger partial charge on any atom is -0.322 e. The quantitative estimate of drug-likeness (QED) is 0.735. The Labute approximate surface area is 141 Å². The minimum atomic E-state index is -0.153. The Hall–Kier alpha value is -3.14. The predicted octanol–water partition coefficient (Wildman–Crippen LogP) is 4.14. The molecule has 0 bridgehead atoms. The average molecular weight is 317 g/mol. The predicted molar refractivity (Wildman–Crippen MR) is 97.1 cm³/mol. The van der Waals surface area contributed by atoms with Crippen molar-refractivity contribution < 1.29 is 4.79 Å². The molecule has 0 fully saturated rings. The average Bonchev–Trinajstić information content (AvgIpc) is 3.06. The van der Waals surface area contributed by atoms with Crippen molar-refractivity contribution in [3.63, 3.8) is 0 Å². The highest BCUT2D eigenvalue weighted by atomic mass is 16.1. The summed E-state index contributed by atoms with van der Waals surface area (Å²) >= 11 is 0. The number of para-hydroxylation sites is 2. The van der Waals surface area contributed by atoms with Crippen molar-refractivity contribution >= 4 is 17.7 Å². The third-order valence-corrected chi connectivity index (χ3v) is 3.78. The van der Waals surface area contributed by atoms with Crippen LogP contribution in [0.5, 0.6) is 0 Å². The van der Waals surface area contributed by atoms with Gasteiger partial charge in [0.2, 0.25) is 5.91 Å².